The van der Waals surface area contributed by atoms with Gasteiger partial charge in [-0.3, -0.25) is 4.90 Å². The summed E-state index contributed by atoms with van der Waals surface area (Å²) >= 11 is 0. The summed E-state index contributed by atoms with van der Waals surface area (Å²) in [6.07, 6.45) is 6.81. The molecule has 4 heterocycles. The van der Waals surface area contributed by atoms with Crippen LogP contribution in [0, 0.1) is 0 Å². The number of aliphatic hydroxyl groups is 1. The molecule has 2 bridgehead atoms. The van der Waals surface area contributed by atoms with E-state index >= 15 is 0 Å². The first kappa shape index (κ1) is 21.3. The maximum absolute atomic E-state index is 13.1. The quantitative estimate of drug-likeness (QED) is 0.542. The zero-order chi connectivity index (χ0) is 24.4. The molecule has 186 valence electrons. The van der Waals surface area contributed by atoms with Gasteiger partial charge in [-0.05, 0) is 62.3 Å². The summed E-state index contributed by atoms with van der Waals surface area (Å²) in [7, 11) is 1.73. The lowest BCUT2D eigenvalue weighted by Crippen LogP contribution is -2.74. The first-order valence-electron chi connectivity index (χ1n) is 13.6. The van der Waals surface area contributed by atoms with Crippen molar-refractivity contribution in [3.63, 3.8) is 0 Å². The number of allylic oxidation sites excluding steroid dienone is 1. The van der Waals surface area contributed by atoms with Crippen LogP contribution in [0.15, 0.2) is 42.0 Å². The van der Waals surface area contributed by atoms with Crippen molar-refractivity contribution >= 4 is 10.9 Å². The third-order valence-corrected chi connectivity index (χ3v) is 10.1. The molecular weight excluding hydrogens is 448 g/mol. The number of hydrogen-bond donors (Lipinski definition) is 1. The molecular formula is C31H34N2O3. The second-order valence-electron chi connectivity index (χ2n) is 11.9. The SMILES string of the molecule is COc1ccc2c3c1O[C@H]1c4c(c5cccc6c5n4CCC6)CC4(O)[C@@H](C2)N(CC=C(C)C)CC[C@]314. The molecule has 1 spiro atoms. The third-order valence-electron chi connectivity index (χ3n) is 10.1. The fourth-order valence-corrected chi connectivity index (χ4v) is 8.66. The summed E-state index contributed by atoms with van der Waals surface area (Å²) < 4.78 is 15.4. The van der Waals surface area contributed by atoms with Gasteiger partial charge in [0.05, 0.1) is 29.3 Å². The van der Waals surface area contributed by atoms with Crippen LogP contribution in [-0.2, 0) is 31.2 Å². The normalized spacial score (nSPS) is 31.0. The number of fused-ring (bicyclic) bond motifs is 4. The number of aromatic nitrogens is 1. The van der Waals surface area contributed by atoms with Crippen molar-refractivity contribution in [1.29, 1.82) is 0 Å². The lowest BCUT2D eigenvalue weighted by molar-refractivity contribution is -0.171. The van der Waals surface area contributed by atoms with Crippen molar-refractivity contribution in [3.05, 3.63) is 69.9 Å². The highest BCUT2D eigenvalue weighted by atomic mass is 16.5. The highest BCUT2D eigenvalue weighted by molar-refractivity contribution is 5.90. The Labute approximate surface area is 212 Å². The molecule has 0 radical (unpaired) electrons. The van der Waals surface area contributed by atoms with E-state index in [9.17, 15) is 5.11 Å². The second kappa shape index (κ2) is 6.96. The van der Waals surface area contributed by atoms with E-state index in [1.807, 2.05) is 0 Å². The van der Waals surface area contributed by atoms with Crippen molar-refractivity contribution in [2.24, 2.45) is 0 Å². The summed E-state index contributed by atoms with van der Waals surface area (Å²) in [5.41, 5.74) is 7.95. The zero-order valence-electron chi connectivity index (χ0n) is 21.4. The molecule has 2 aliphatic carbocycles. The Bertz CT molecular complexity index is 1480. The van der Waals surface area contributed by atoms with E-state index in [4.69, 9.17) is 9.47 Å². The van der Waals surface area contributed by atoms with Crippen LogP contribution in [0.4, 0.5) is 0 Å². The number of para-hydroxylation sites is 1. The fourth-order valence-electron chi connectivity index (χ4n) is 8.66. The van der Waals surface area contributed by atoms with E-state index < -0.39 is 11.0 Å². The van der Waals surface area contributed by atoms with Crippen LogP contribution in [0.2, 0.25) is 0 Å². The van der Waals surface area contributed by atoms with Gasteiger partial charge in [0.1, 0.15) is 0 Å². The molecule has 8 rings (SSSR count). The molecule has 1 saturated heterocycles. The van der Waals surface area contributed by atoms with Gasteiger partial charge in [0, 0.05) is 43.0 Å². The van der Waals surface area contributed by atoms with Crippen molar-refractivity contribution in [2.75, 3.05) is 20.2 Å². The van der Waals surface area contributed by atoms with Gasteiger partial charge < -0.3 is 19.1 Å². The molecule has 0 amide bonds. The minimum atomic E-state index is -0.897. The van der Waals surface area contributed by atoms with Gasteiger partial charge in [-0.2, -0.15) is 0 Å². The fraction of sp³-hybridized carbons (Fsp3) is 0.484. The van der Waals surface area contributed by atoms with Crippen LogP contribution < -0.4 is 9.47 Å². The smallest absolute Gasteiger partial charge is 0.166 e. The van der Waals surface area contributed by atoms with E-state index in [1.165, 1.54) is 44.4 Å². The van der Waals surface area contributed by atoms with Gasteiger partial charge in [0.25, 0.3) is 0 Å². The van der Waals surface area contributed by atoms with Crippen LogP contribution >= 0.6 is 0 Å². The lowest BCUT2D eigenvalue weighted by Gasteiger charge is -2.62. The van der Waals surface area contributed by atoms with Crippen LogP contribution in [-0.4, -0.2) is 46.4 Å². The summed E-state index contributed by atoms with van der Waals surface area (Å²) in [6, 6.07) is 11.1. The number of methoxy groups -OCH3 is 1. The largest absolute Gasteiger partial charge is 0.493 e. The van der Waals surface area contributed by atoms with E-state index in [2.05, 4.69) is 59.7 Å². The van der Waals surface area contributed by atoms with Crippen LogP contribution in [0.5, 0.6) is 11.5 Å². The first-order chi connectivity index (χ1) is 17.5. The minimum absolute atomic E-state index is 0.0552. The Balaban J connectivity index is 1.43. The maximum atomic E-state index is 13.1. The average Bonchev–Trinajstić information content (AvgIpc) is 3.37. The third kappa shape index (κ3) is 2.31. The summed E-state index contributed by atoms with van der Waals surface area (Å²) in [6.45, 7) is 7.20. The number of likely N-dealkylation sites (tertiary alicyclic amines) is 1. The average molecular weight is 483 g/mol. The van der Waals surface area contributed by atoms with Crippen molar-refractivity contribution < 1.29 is 14.6 Å². The molecule has 3 aromatic rings. The molecule has 0 saturated carbocycles. The molecule has 5 heteroatoms. The highest BCUT2D eigenvalue weighted by Crippen LogP contribution is 2.69. The molecule has 36 heavy (non-hydrogen) atoms. The zero-order valence-corrected chi connectivity index (χ0v) is 21.4. The van der Waals surface area contributed by atoms with E-state index in [0.717, 1.165) is 56.8 Å². The van der Waals surface area contributed by atoms with Gasteiger partial charge >= 0.3 is 0 Å². The molecule has 3 aliphatic heterocycles. The maximum Gasteiger partial charge on any atom is 0.166 e. The topological polar surface area (TPSA) is 46.9 Å². The Morgan fingerprint density at radius 3 is 2.92 bits per heavy atom. The number of ether oxygens (including phenoxy) is 2. The van der Waals surface area contributed by atoms with Gasteiger partial charge in [0.2, 0.25) is 0 Å². The Hall–Kier alpha value is -2.76. The summed E-state index contributed by atoms with van der Waals surface area (Å²) in [5, 5.41) is 14.4. The van der Waals surface area contributed by atoms with E-state index in [1.54, 1.807) is 7.11 Å². The first-order valence-corrected chi connectivity index (χ1v) is 13.6. The number of hydrogen-bond acceptors (Lipinski definition) is 4. The van der Waals surface area contributed by atoms with Crippen molar-refractivity contribution in [1.82, 2.24) is 9.47 Å². The number of nitrogens with zero attached hydrogens (tertiary/aromatic N) is 2. The number of benzene rings is 2. The second-order valence-corrected chi connectivity index (χ2v) is 11.9. The van der Waals surface area contributed by atoms with Crippen molar-refractivity contribution in [3.8, 4) is 11.5 Å². The Kier molecular flexibility index (Phi) is 4.12. The Morgan fingerprint density at radius 1 is 1.19 bits per heavy atom. The standard InChI is InChI=1S/C31H34N2O3/c1-18(2)11-14-32-15-12-30-25-20-9-10-23(35-3)28(25)36-29(30)27-22(17-31(30,34)24(32)16-20)21-8-4-6-19-7-5-13-33(27)26(19)21/h4,6,8-11,24,29,34H,5,7,12-17H2,1-3H3/t24-,29+,30+,31?/m1/s1. The monoisotopic (exact) mass is 482 g/mol. The number of rotatable bonds is 3. The number of piperidine rings is 1. The van der Waals surface area contributed by atoms with Crippen LogP contribution in [0.1, 0.15) is 60.7 Å². The van der Waals surface area contributed by atoms with E-state index in [-0.39, 0.29) is 12.1 Å². The summed E-state index contributed by atoms with van der Waals surface area (Å²) in [5.74, 6) is 1.67. The Morgan fingerprint density at radius 2 is 2.08 bits per heavy atom. The molecule has 1 aromatic heterocycles. The molecule has 1 unspecified atom stereocenters. The lowest BCUT2D eigenvalue weighted by atomic mass is 9.49. The van der Waals surface area contributed by atoms with E-state index in [0.29, 0.717) is 6.42 Å². The molecule has 5 aliphatic rings. The molecule has 1 fully saturated rings. The van der Waals surface area contributed by atoms with Crippen LogP contribution in [0.3, 0.4) is 0 Å². The highest BCUT2D eigenvalue weighted by Gasteiger charge is 2.73. The predicted octanol–water partition coefficient (Wildman–Crippen LogP) is 4.85. The van der Waals surface area contributed by atoms with Crippen molar-refractivity contribution in [2.45, 2.75) is 75.7 Å². The van der Waals surface area contributed by atoms with Gasteiger partial charge in [0.15, 0.2) is 17.6 Å². The minimum Gasteiger partial charge on any atom is -0.493 e. The number of aryl methyl sites for hydroxylation is 2. The molecule has 1 N–H and O–H groups in total. The molecule has 2 aromatic carbocycles. The van der Waals surface area contributed by atoms with Gasteiger partial charge in [-0.15, -0.1) is 0 Å². The van der Waals surface area contributed by atoms with Gasteiger partial charge in [-0.25, -0.2) is 0 Å². The predicted molar refractivity (Wildman–Crippen MR) is 140 cm³/mol. The molecule has 4 atom stereocenters. The van der Waals surface area contributed by atoms with Gasteiger partial charge in [-0.1, -0.05) is 35.9 Å². The van der Waals surface area contributed by atoms with Crippen LogP contribution in [0.25, 0.3) is 10.9 Å². The summed E-state index contributed by atoms with van der Waals surface area (Å²) in [4.78, 5) is 2.54. The molecule has 5 nitrogen and oxygen atoms in total.